The molecule has 2 aliphatic rings. The van der Waals surface area contributed by atoms with Gasteiger partial charge in [0.05, 0.1) is 0 Å². The van der Waals surface area contributed by atoms with Crippen molar-refractivity contribution >= 4 is 16.7 Å². The summed E-state index contributed by atoms with van der Waals surface area (Å²) in [5, 5.41) is 5.83. The minimum atomic E-state index is 0.214. The van der Waals surface area contributed by atoms with E-state index in [1.54, 1.807) is 0 Å². The van der Waals surface area contributed by atoms with E-state index in [0.29, 0.717) is 6.54 Å². The minimum absolute atomic E-state index is 0.214. The Labute approximate surface area is 172 Å². The standard InChI is InChI=1S/C26H28N2O/c29-25(27-18-20-7-2-1-3-8-20)24-17-26(24)13-15-28(16-14-26)19-22-11-6-10-21-9-4-5-12-23(21)22/h1-12,24H,13-19H2,(H,27,29). The number of fused-ring (bicyclic) bond motifs is 1. The molecule has 2 fully saturated rings. The molecule has 3 aromatic carbocycles. The van der Waals surface area contributed by atoms with Crippen LogP contribution in [0, 0.1) is 11.3 Å². The van der Waals surface area contributed by atoms with Crippen LogP contribution in [0.1, 0.15) is 30.4 Å². The number of amides is 1. The molecule has 3 heteroatoms. The molecular formula is C26H28N2O. The van der Waals surface area contributed by atoms with Crippen LogP contribution in [0.3, 0.4) is 0 Å². The monoisotopic (exact) mass is 384 g/mol. The molecular weight excluding hydrogens is 356 g/mol. The van der Waals surface area contributed by atoms with E-state index < -0.39 is 0 Å². The van der Waals surface area contributed by atoms with Gasteiger partial charge in [0.15, 0.2) is 0 Å². The molecule has 1 unspecified atom stereocenters. The van der Waals surface area contributed by atoms with Gasteiger partial charge in [0, 0.05) is 19.0 Å². The fraction of sp³-hybridized carbons (Fsp3) is 0.346. The van der Waals surface area contributed by atoms with E-state index in [4.69, 9.17) is 0 Å². The molecule has 1 N–H and O–H groups in total. The highest BCUT2D eigenvalue weighted by atomic mass is 16.2. The fourth-order valence-electron chi connectivity index (χ4n) is 5.01. The van der Waals surface area contributed by atoms with Crippen LogP contribution in [0.2, 0.25) is 0 Å². The molecule has 0 radical (unpaired) electrons. The predicted molar refractivity (Wildman–Crippen MR) is 117 cm³/mol. The van der Waals surface area contributed by atoms with Gasteiger partial charge in [-0.2, -0.15) is 0 Å². The van der Waals surface area contributed by atoms with Crippen molar-refractivity contribution in [3.8, 4) is 0 Å². The summed E-state index contributed by atoms with van der Waals surface area (Å²) >= 11 is 0. The summed E-state index contributed by atoms with van der Waals surface area (Å²) in [6.45, 7) is 3.82. The van der Waals surface area contributed by atoms with E-state index in [1.165, 1.54) is 21.9 Å². The molecule has 3 nitrogen and oxygen atoms in total. The predicted octanol–water partition coefficient (Wildman–Crippen LogP) is 4.76. The van der Waals surface area contributed by atoms with Gasteiger partial charge in [0.25, 0.3) is 0 Å². The average molecular weight is 385 g/mol. The third kappa shape index (κ3) is 3.79. The van der Waals surface area contributed by atoms with Gasteiger partial charge >= 0.3 is 0 Å². The van der Waals surface area contributed by atoms with E-state index in [2.05, 4.69) is 64.8 Å². The van der Waals surface area contributed by atoms with E-state index in [9.17, 15) is 4.79 Å². The second-order valence-electron chi connectivity index (χ2n) is 8.74. The number of likely N-dealkylation sites (tertiary alicyclic amines) is 1. The first-order valence-electron chi connectivity index (χ1n) is 10.7. The molecule has 0 aromatic heterocycles. The highest BCUT2D eigenvalue weighted by Gasteiger charge is 2.58. The van der Waals surface area contributed by atoms with Gasteiger partial charge < -0.3 is 5.32 Å². The maximum atomic E-state index is 12.6. The highest BCUT2D eigenvalue weighted by Crippen LogP contribution is 2.59. The highest BCUT2D eigenvalue weighted by molar-refractivity contribution is 5.85. The number of rotatable bonds is 5. The molecule has 1 aliphatic carbocycles. The van der Waals surface area contributed by atoms with E-state index in [1.807, 2.05) is 18.2 Å². The number of nitrogens with one attached hydrogen (secondary N) is 1. The van der Waals surface area contributed by atoms with Crippen LogP contribution in [0.15, 0.2) is 72.8 Å². The summed E-state index contributed by atoms with van der Waals surface area (Å²) in [7, 11) is 0. The first-order valence-corrected chi connectivity index (χ1v) is 10.7. The van der Waals surface area contributed by atoms with Crippen molar-refractivity contribution in [2.24, 2.45) is 11.3 Å². The quantitative estimate of drug-likeness (QED) is 0.688. The van der Waals surface area contributed by atoms with Crippen LogP contribution in [0.25, 0.3) is 10.8 Å². The van der Waals surface area contributed by atoms with Crippen LogP contribution >= 0.6 is 0 Å². The summed E-state index contributed by atoms with van der Waals surface area (Å²) in [4.78, 5) is 15.2. The zero-order chi connectivity index (χ0) is 19.7. The largest absolute Gasteiger partial charge is 0.352 e. The normalized spacial score (nSPS) is 20.6. The summed E-state index contributed by atoms with van der Waals surface area (Å²) in [5.74, 6) is 0.460. The third-order valence-electron chi connectivity index (χ3n) is 6.94. The Hall–Kier alpha value is -2.65. The molecule has 1 amide bonds. The van der Waals surface area contributed by atoms with Gasteiger partial charge in [0.1, 0.15) is 0 Å². The van der Waals surface area contributed by atoms with E-state index in [-0.39, 0.29) is 17.2 Å². The van der Waals surface area contributed by atoms with Crippen LogP contribution < -0.4 is 5.32 Å². The lowest BCUT2D eigenvalue weighted by atomic mass is 9.90. The van der Waals surface area contributed by atoms with Gasteiger partial charge in [-0.1, -0.05) is 72.8 Å². The molecule has 5 rings (SSSR count). The first-order chi connectivity index (χ1) is 14.2. The zero-order valence-corrected chi connectivity index (χ0v) is 16.8. The molecule has 1 atom stereocenters. The van der Waals surface area contributed by atoms with E-state index >= 15 is 0 Å². The Bertz CT molecular complexity index is 1000. The molecule has 1 aliphatic heterocycles. The van der Waals surface area contributed by atoms with Crippen molar-refractivity contribution < 1.29 is 4.79 Å². The Morgan fingerprint density at radius 1 is 0.931 bits per heavy atom. The van der Waals surface area contributed by atoms with Crippen LogP contribution in [-0.2, 0) is 17.9 Å². The van der Waals surface area contributed by atoms with Crippen molar-refractivity contribution in [3.63, 3.8) is 0 Å². The molecule has 3 aromatic rings. The Morgan fingerprint density at radius 3 is 2.48 bits per heavy atom. The number of piperidine rings is 1. The molecule has 1 heterocycles. The van der Waals surface area contributed by atoms with Gasteiger partial charge in [-0.05, 0) is 59.7 Å². The third-order valence-corrected chi connectivity index (χ3v) is 6.94. The number of hydrogen-bond acceptors (Lipinski definition) is 2. The topological polar surface area (TPSA) is 32.3 Å². The molecule has 1 saturated carbocycles. The maximum absolute atomic E-state index is 12.6. The van der Waals surface area contributed by atoms with Crippen LogP contribution in [-0.4, -0.2) is 23.9 Å². The minimum Gasteiger partial charge on any atom is -0.352 e. The van der Waals surface area contributed by atoms with Crippen molar-refractivity contribution in [1.29, 1.82) is 0 Å². The summed E-state index contributed by atoms with van der Waals surface area (Å²) in [5.41, 5.74) is 2.84. The molecule has 148 valence electrons. The van der Waals surface area contributed by atoms with Gasteiger partial charge in [0.2, 0.25) is 5.91 Å². The smallest absolute Gasteiger partial charge is 0.223 e. The molecule has 29 heavy (non-hydrogen) atoms. The van der Waals surface area contributed by atoms with Crippen molar-refractivity contribution in [1.82, 2.24) is 10.2 Å². The fourth-order valence-corrected chi connectivity index (χ4v) is 5.01. The average Bonchev–Trinajstić information content (AvgIpc) is 3.48. The second kappa shape index (κ2) is 7.64. The lowest BCUT2D eigenvalue weighted by Crippen LogP contribution is -2.36. The SMILES string of the molecule is O=C(NCc1ccccc1)C1CC12CCN(Cc1cccc3ccccc13)CC2. The first kappa shape index (κ1) is 18.4. The van der Waals surface area contributed by atoms with E-state index in [0.717, 1.165) is 38.9 Å². The Morgan fingerprint density at radius 2 is 1.66 bits per heavy atom. The van der Waals surface area contributed by atoms with Crippen molar-refractivity contribution in [2.75, 3.05) is 13.1 Å². The lowest BCUT2D eigenvalue weighted by molar-refractivity contribution is -0.123. The summed E-state index contributed by atoms with van der Waals surface area (Å²) in [6.07, 6.45) is 3.35. The molecule has 1 saturated heterocycles. The number of carbonyl (C=O) groups excluding carboxylic acids is 1. The summed E-state index contributed by atoms with van der Waals surface area (Å²) < 4.78 is 0. The summed E-state index contributed by atoms with van der Waals surface area (Å²) in [6, 6.07) is 25.4. The Kier molecular flexibility index (Phi) is 4.84. The lowest BCUT2D eigenvalue weighted by Gasteiger charge is -2.33. The number of nitrogens with zero attached hydrogens (tertiary/aromatic N) is 1. The number of hydrogen-bond donors (Lipinski definition) is 1. The zero-order valence-electron chi connectivity index (χ0n) is 16.8. The van der Waals surface area contributed by atoms with Crippen molar-refractivity contribution in [3.05, 3.63) is 83.9 Å². The number of benzene rings is 3. The van der Waals surface area contributed by atoms with Crippen molar-refractivity contribution in [2.45, 2.75) is 32.4 Å². The number of carbonyl (C=O) groups is 1. The maximum Gasteiger partial charge on any atom is 0.223 e. The second-order valence-corrected chi connectivity index (χ2v) is 8.74. The van der Waals surface area contributed by atoms with Crippen LogP contribution in [0.4, 0.5) is 0 Å². The molecule has 1 spiro atoms. The van der Waals surface area contributed by atoms with Gasteiger partial charge in [-0.25, -0.2) is 0 Å². The van der Waals surface area contributed by atoms with Gasteiger partial charge in [-0.3, -0.25) is 9.69 Å². The van der Waals surface area contributed by atoms with Crippen LogP contribution in [0.5, 0.6) is 0 Å². The van der Waals surface area contributed by atoms with Gasteiger partial charge in [-0.15, -0.1) is 0 Å². The Balaban J connectivity index is 1.15. The molecule has 0 bridgehead atoms.